The van der Waals surface area contributed by atoms with Crippen LogP contribution in [0, 0.1) is 13.8 Å². The molecule has 0 bridgehead atoms. The quantitative estimate of drug-likeness (QED) is 0.193. The van der Waals surface area contributed by atoms with Gasteiger partial charge in [0.25, 0.3) is 0 Å². The molecular weight excluding hydrogens is 518 g/mol. The van der Waals surface area contributed by atoms with Crippen LogP contribution in [0.2, 0.25) is 0 Å². The third-order valence-corrected chi connectivity index (χ3v) is 8.84. The van der Waals surface area contributed by atoms with Gasteiger partial charge in [0.1, 0.15) is 0 Å². The third-order valence-electron chi connectivity index (χ3n) is 8.84. The summed E-state index contributed by atoms with van der Waals surface area (Å²) in [5.74, 6) is 0. The molecular formula is C42H31N. The lowest BCUT2D eigenvalue weighted by Crippen LogP contribution is -2.11. The second-order valence-corrected chi connectivity index (χ2v) is 11.5. The summed E-state index contributed by atoms with van der Waals surface area (Å²) in [6.07, 6.45) is 0. The Hall–Kier alpha value is -5.40. The molecule has 43 heavy (non-hydrogen) atoms. The maximum absolute atomic E-state index is 2.37. The van der Waals surface area contributed by atoms with E-state index in [1.807, 2.05) is 0 Å². The number of anilines is 3. The molecule has 0 fully saturated rings. The summed E-state index contributed by atoms with van der Waals surface area (Å²) in [6.45, 7) is 4.35. The molecule has 0 amide bonds. The average Bonchev–Trinajstić information content (AvgIpc) is 3.06. The molecule has 0 unspecified atom stereocenters. The van der Waals surface area contributed by atoms with Gasteiger partial charge >= 0.3 is 0 Å². The van der Waals surface area contributed by atoms with Gasteiger partial charge in [-0.05, 0) is 98.8 Å². The van der Waals surface area contributed by atoms with E-state index in [2.05, 4.69) is 170 Å². The van der Waals surface area contributed by atoms with Gasteiger partial charge in [-0.15, -0.1) is 0 Å². The standard InChI is InChI=1S/C42H31N/c1-28-12-21-34(22-13-28)43(40-11-7-6-10-38(40)30-8-4-3-5-9-30)35-23-16-31(17-24-35)37-26-19-33-18-25-36-29(2)14-15-32-20-27-39(37)42(33)41(32)36/h3-27H,1-2H3. The van der Waals surface area contributed by atoms with Crippen molar-refractivity contribution in [1.29, 1.82) is 0 Å². The van der Waals surface area contributed by atoms with Crippen LogP contribution >= 0.6 is 0 Å². The Kier molecular flexibility index (Phi) is 5.98. The van der Waals surface area contributed by atoms with Crippen molar-refractivity contribution < 1.29 is 0 Å². The van der Waals surface area contributed by atoms with Crippen LogP contribution < -0.4 is 4.90 Å². The zero-order valence-electron chi connectivity index (χ0n) is 24.4. The molecule has 8 aromatic carbocycles. The van der Waals surface area contributed by atoms with E-state index in [-0.39, 0.29) is 0 Å². The van der Waals surface area contributed by atoms with Crippen LogP contribution in [0.15, 0.2) is 152 Å². The average molecular weight is 550 g/mol. The van der Waals surface area contributed by atoms with Gasteiger partial charge in [-0.2, -0.15) is 0 Å². The third kappa shape index (κ3) is 4.24. The Morgan fingerprint density at radius 3 is 1.70 bits per heavy atom. The van der Waals surface area contributed by atoms with Crippen LogP contribution in [0.1, 0.15) is 11.1 Å². The number of para-hydroxylation sites is 1. The molecule has 8 rings (SSSR count). The van der Waals surface area contributed by atoms with Gasteiger partial charge in [-0.25, -0.2) is 0 Å². The van der Waals surface area contributed by atoms with Crippen molar-refractivity contribution >= 4 is 49.4 Å². The topological polar surface area (TPSA) is 3.24 Å². The second-order valence-electron chi connectivity index (χ2n) is 11.5. The van der Waals surface area contributed by atoms with Crippen molar-refractivity contribution in [3.05, 3.63) is 163 Å². The van der Waals surface area contributed by atoms with Crippen LogP contribution in [-0.2, 0) is 0 Å². The highest BCUT2D eigenvalue weighted by Crippen LogP contribution is 2.43. The van der Waals surface area contributed by atoms with Crippen molar-refractivity contribution in [1.82, 2.24) is 0 Å². The maximum Gasteiger partial charge on any atom is 0.0540 e. The van der Waals surface area contributed by atoms with Gasteiger partial charge in [0.05, 0.1) is 5.69 Å². The first-order valence-corrected chi connectivity index (χ1v) is 14.9. The van der Waals surface area contributed by atoms with Gasteiger partial charge in [0.15, 0.2) is 0 Å². The molecule has 0 radical (unpaired) electrons. The summed E-state index contributed by atoms with van der Waals surface area (Å²) in [6, 6.07) is 55.4. The lowest BCUT2D eigenvalue weighted by atomic mass is 9.88. The van der Waals surface area contributed by atoms with Crippen molar-refractivity contribution in [2.24, 2.45) is 0 Å². The van der Waals surface area contributed by atoms with E-state index < -0.39 is 0 Å². The molecule has 8 aromatic rings. The minimum absolute atomic E-state index is 1.13. The number of nitrogens with zero attached hydrogens (tertiary/aromatic N) is 1. The van der Waals surface area contributed by atoms with Crippen molar-refractivity contribution in [2.45, 2.75) is 13.8 Å². The van der Waals surface area contributed by atoms with Crippen LogP contribution in [-0.4, -0.2) is 0 Å². The number of aryl methyl sites for hydroxylation is 2. The molecule has 0 saturated carbocycles. The van der Waals surface area contributed by atoms with E-state index in [0.29, 0.717) is 0 Å². The Labute approximate surface area is 252 Å². The molecule has 0 spiro atoms. The van der Waals surface area contributed by atoms with Crippen LogP contribution in [0.5, 0.6) is 0 Å². The Balaban J connectivity index is 1.28. The maximum atomic E-state index is 2.37. The molecule has 0 N–H and O–H groups in total. The fourth-order valence-electron chi connectivity index (χ4n) is 6.64. The minimum Gasteiger partial charge on any atom is -0.310 e. The van der Waals surface area contributed by atoms with E-state index in [9.17, 15) is 0 Å². The smallest absolute Gasteiger partial charge is 0.0540 e. The fourth-order valence-corrected chi connectivity index (χ4v) is 6.64. The van der Waals surface area contributed by atoms with Crippen LogP contribution in [0.25, 0.3) is 54.6 Å². The van der Waals surface area contributed by atoms with Gasteiger partial charge in [0.2, 0.25) is 0 Å². The van der Waals surface area contributed by atoms with Crippen LogP contribution in [0.3, 0.4) is 0 Å². The Morgan fingerprint density at radius 2 is 0.953 bits per heavy atom. The largest absolute Gasteiger partial charge is 0.310 e. The second kappa shape index (κ2) is 10.2. The summed E-state index contributed by atoms with van der Waals surface area (Å²) in [5, 5.41) is 7.97. The Morgan fingerprint density at radius 1 is 0.395 bits per heavy atom. The van der Waals surface area contributed by atoms with Crippen LogP contribution in [0.4, 0.5) is 17.1 Å². The van der Waals surface area contributed by atoms with Gasteiger partial charge in [0, 0.05) is 16.9 Å². The molecule has 0 atom stereocenters. The molecule has 0 aliphatic heterocycles. The fraction of sp³-hybridized carbons (Fsp3) is 0.0476. The summed E-state index contributed by atoms with van der Waals surface area (Å²) in [4.78, 5) is 2.37. The summed E-state index contributed by atoms with van der Waals surface area (Å²) in [7, 11) is 0. The molecule has 0 aliphatic rings. The number of rotatable bonds is 5. The van der Waals surface area contributed by atoms with Gasteiger partial charge in [-0.3, -0.25) is 0 Å². The van der Waals surface area contributed by atoms with E-state index in [1.165, 1.54) is 65.7 Å². The summed E-state index contributed by atoms with van der Waals surface area (Å²) < 4.78 is 0. The highest BCUT2D eigenvalue weighted by atomic mass is 15.1. The summed E-state index contributed by atoms with van der Waals surface area (Å²) >= 11 is 0. The molecule has 0 aromatic heterocycles. The first-order valence-electron chi connectivity index (χ1n) is 14.9. The first kappa shape index (κ1) is 25.3. The highest BCUT2D eigenvalue weighted by Gasteiger charge is 2.18. The SMILES string of the molecule is Cc1ccc(N(c2ccc(-c3ccc4ccc5c(C)ccc6ccc3c4c65)cc2)c2ccccc2-c2ccccc2)cc1. The van der Waals surface area contributed by atoms with Gasteiger partial charge in [-0.1, -0.05) is 127 Å². The molecule has 0 heterocycles. The highest BCUT2D eigenvalue weighted by molar-refractivity contribution is 6.26. The lowest BCUT2D eigenvalue weighted by Gasteiger charge is -2.28. The number of benzene rings is 8. The zero-order chi connectivity index (χ0) is 28.9. The summed E-state index contributed by atoms with van der Waals surface area (Å²) in [5.41, 5.74) is 10.9. The van der Waals surface area contributed by atoms with E-state index >= 15 is 0 Å². The molecule has 204 valence electrons. The molecule has 0 aliphatic carbocycles. The van der Waals surface area contributed by atoms with Crippen molar-refractivity contribution in [2.75, 3.05) is 4.90 Å². The predicted octanol–water partition coefficient (Wildman–Crippen LogP) is 12.0. The Bertz CT molecular complexity index is 2230. The normalized spacial score (nSPS) is 11.5. The lowest BCUT2D eigenvalue weighted by molar-refractivity contribution is 1.28. The minimum atomic E-state index is 1.13. The van der Waals surface area contributed by atoms with Crippen molar-refractivity contribution in [3.63, 3.8) is 0 Å². The molecule has 0 saturated heterocycles. The number of hydrogen-bond donors (Lipinski definition) is 0. The van der Waals surface area contributed by atoms with Gasteiger partial charge < -0.3 is 4.90 Å². The molecule has 1 heteroatoms. The molecule has 1 nitrogen and oxygen atoms in total. The number of hydrogen-bond acceptors (Lipinski definition) is 1. The predicted molar refractivity (Wildman–Crippen MR) is 185 cm³/mol. The van der Waals surface area contributed by atoms with E-state index in [1.54, 1.807) is 0 Å². The van der Waals surface area contributed by atoms with E-state index in [0.717, 1.165) is 17.1 Å². The van der Waals surface area contributed by atoms with Crippen molar-refractivity contribution in [3.8, 4) is 22.3 Å². The first-order chi connectivity index (χ1) is 21.2. The monoisotopic (exact) mass is 549 g/mol. The zero-order valence-corrected chi connectivity index (χ0v) is 24.4. The van der Waals surface area contributed by atoms with E-state index in [4.69, 9.17) is 0 Å².